The van der Waals surface area contributed by atoms with E-state index in [1.54, 1.807) is 0 Å². The van der Waals surface area contributed by atoms with Gasteiger partial charge in [-0.15, -0.1) is 0 Å². The van der Waals surface area contributed by atoms with Crippen molar-refractivity contribution in [3.8, 4) is 0 Å². The minimum atomic E-state index is 0.548. The predicted molar refractivity (Wildman–Crippen MR) is 84.9 cm³/mol. The Balaban J connectivity index is 1.79. The fraction of sp³-hybridized carbons (Fsp3) is 0.647. The zero-order chi connectivity index (χ0) is 14.4. The van der Waals surface area contributed by atoms with Gasteiger partial charge in [-0.25, -0.2) is 4.98 Å². The normalized spacial score (nSPS) is 21.0. The third kappa shape index (κ3) is 2.21. The van der Waals surface area contributed by atoms with Crippen LogP contribution in [-0.2, 0) is 0 Å². The van der Waals surface area contributed by atoms with Crippen LogP contribution in [0.15, 0.2) is 12.3 Å². The molecule has 4 heteroatoms. The molecule has 2 aliphatic carbocycles. The van der Waals surface area contributed by atoms with Crippen LogP contribution in [-0.4, -0.2) is 21.6 Å². The van der Waals surface area contributed by atoms with Crippen molar-refractivity contribution in [2.24, 2.45) is 5.92 Å². The Bertz CT molecular complexity index is 650. The Morgan fingerprint density at radius 2 is 2.00 bits per heavy atom. The van der Waals surface area contributed by atoms with Crippen LogP contribution in [0.1, 0.15) is 68.5 Å². The Hall–Kier alpha value is -1.58. The Morgan fingerprint density at radius 1 is 1.24 bits per heavy atom. The average Bonchev–Trinajstić information content (AvgIpc) is 3.05. The Morgan fingerprint density at radius 3 is 2.67 bits per heavy atom. The smallest absolute Gasteiger partial charge is 0.161 e. The molecular formula is C17H24N4. The van der Waals surface area contributed by atoms with Crippen LogP contribution in [0.5, 0.6) is 0 Å². The van der Waals surface area contributed by atoms with Gasteiger partial charge in [-0.05, 0) is 37.5 Å². The van der Waals surface area contributed by atoms with E-state index < -0.39 is 0 Å². The molecule has 0 aromatic carbocycles. The molecular weight excluding hydrogens is 260 g/mol. The quantitative estimate of drug-likeness (QED) is 0.924. The highest BCUT2D eigenvalue weighted by Gasteiger charge is 2.29. The summed E-state index contributed by atoms with van der Waals surface area (Å²) >= 11 is 0. The molecule has 1 N–H and O–H groups in total. The predicted octanol–water partition coefficient (Wildman–Crippen LogP) is 3.94. The summed E-state index contributed by atoms with van der Waals surface area (Å²) in [6.07, 6.45) is 10.1. The van der Waals surface area contributed by atoms with Crippen molar-refractivity contribution in [2.75, 3.05) is 12.4 Å². The van der Waals surface area contributed by atoms with E-state index in [4.69, 9.17) is 4.98 Å². The molecule has 2 heterocycles. The van der Waals surface area contributed by atoms with Crippen molar-refractivity contribution >= 4 is 11.5 Å². The summed E-state index contributed by atoms with van der Waals surface area (Å²) in [4.78, 5) is 5.01. The number of hydrogen-bond acceptors (Lipinski definition) is 3. The van der Waals surface area contributed by atoms with Crippen LogP contribution in [0.25, 0.3) is 5.65 Å². The summed E-state index contributed by atoms with van der Waals surface area (Å²) in [5, 5.41) is 7.83. The molecule has 0 amide bonds. The van der Waals surface area contributed by atoms with Crippen molar-refractivity contribution in [1.82, 2.24) is 14.6 Å². The number of rotatable bonds is 4. The van der Waals surface area contributed by atoms with E-state index in [9.17, 15) is 0 Å². The third-order valence-electron chi connectivity index (χ3n) is 5.37. The van der Waals surface area contributed by atoms with Gasteiger partial charge < -0.3 is 5.32 Å². The van der Waals surface area contributed by atoms with E-state index in [2.05, 4.69) is 23.4 Å². The fourth-order valence-electron chi connectivity index (χ4n) is 3.79. The summed E-state index contributed by atoms with van der Waals surface area (Å²) in [6, 6.07) is 2.19. The van der Waals surface area contributed by atoms with Crippen LogP contribution in [0, 0.1) is 5.92 Å². The molecule has 2 saturated carbocycles. The molecule has 2 aromatic rings. The molecule has 0 bridgehead atoms. The second kappa shape index (κ2) is 5.00. The van der Waals surface area contributed by atoms with Crippen LogP contribution in [0.4, 0.5) is 5.82 Å². The molecule has 2 fully saturated rings. The maximum absolute atomic E-state index is 5.01. The topological polar surface area (TPSA) is 42.2 Å². The van der Waals surface area contributed by atoms with Crippen LogP contribution < -0.4 is 5.32 Å². The van der Waals surface area contributed by atoms with Gasteiger partial charge in [0.25, 0.3) is 0 Å². The summed E-state index contributed by atoms with van der Waals surface area (Å²) in [5.74, 6) is 3.10. The lowest BCUT2D eigenvalue weighted by Gasteiger charge is -2.19. The van der Waals surface area contributed by atoms with E-state index in [1.165, 1.54) is 49.8 Å². The van der Waals surface area contributed by atoms with Crippen molar-refractivity contribution in [3.63, 3.8) is 0 Å². The highest BCUT2D eigenvalue weighted by Crippen LogP contribution is 2.42. The number of hydrogen-bond donors (Lipinski definition) is 1. The summed E-state index contributed by atoms with van der Waals surface area (Å²) in [6.45, 7) is 2.35. The van der Waals surface area contributed by atoms with Gasteiger partial charge in [0.2, 0.25) is 0 Å². The minimum absolute atomic E-state index is 0.548. The second-order valence-corrected chi connectivity index (χ2v) is 6.76. The summed E-state index contributed by atoms with van der Waals surface area (Å²) in [7, 11) is 1.97. The number of aromatic nitrogens is 3. The van der Waals surface area contributed by atoms with Gasteiger partial charge in [-0.3, -0.25) is 0 Å². The first kappa shape index (κ1) is 13.1. The van der Waals surface area contributed by atoms with E-state index in [0.29, 0.717) is 11.8 Å². The lowest BCUT2D eigenvalue weighted by Crippen LogP contribution is -2.11. The van der Waals surface area contributed by atoms with Crippen molar-refractivity contribution in [1.29, 1.82) is 0 Å². The first-order chi connectivity index (χ1) is 10.3. The Kier molecular flexibility index (Phi) is 3.12. The maximum atomic E-state index is 5.01. The average molecular weight is 284 g/mol. The van der Waals surface area contributed by atoms with Crippen molar-refractivity contribution in [3.05, 3.63) is 23.5 Å². The fourth-order valence-corrected chi connectivity index (χ4v) is 3.79. The summed E-state index contributed by atoms with van der Waals surface area (Å²) < 4.78 is 1.97. The van der Waals surface area contributed by atoms with Crippen LogP contribution >= 0.6 is 0 Å². The minimum Gasteiger partial charge on any atom is -0.373 e. The molecule has 4 nitrogen and oxygen atoms in total. The van der Waals surface area contributed by atoms with Crippen molar-refractivity contribution in [2.45, 2.75) is 57.3 Å². The largest absolute Gasteiger partial charge is 0.373 e. The number of nitrogens with zero attached hydrogens (tertiary/aromatic N) is 3. The summed E-state index contributed by atoms with van der Waals surface area (Å²) in [5.41, 5.74) is 3.65. The zero-order valence-corrected chi connectivity index (χ0v) is 13.0. The highest BCUT2D eigenvalue weighted by molar-refractivity contribution is 5.56. The highest BCUT2D eigenvalue weighted by atomic mass is 15.3. The SMILES string of the molecule is CNc1cc(C(C)C2CCCC2)nc2c(C3CC3)cnn12. The monoisotopic (exact) mass is 284 g/mol. The third-order valence-corrected chi connectivity index (χ3v) is 5.37. The van der Waals surface area contributed by atoms with E-state index in [0.717, 1.165) is 17.4 Å². The van der Waals surface area contributed by atoms with Gasteiger partial charge >= 0.3 is 0 Å². The lowest BCUT2D eigenvalue weighted by atomic mass is 9.89. The number of fused-ring (bicyclic) bond motifs is 1. The molecule has 112 valence electrons. The van der Waals surface area contributed by atoms with E-state index >= 15 is 0 Å². The molecule has 1 atom stereocenters. The van der Waals surface area contributed by atoms with E-state index in [-0.39, 0.29) is 0 Å². The lowest BCUT2D eigenvalue weighted by molar-refractivity contribution is 0.453. The first-order valence-corrected chi connectivity index (χ1v) is 8.34. The molecule has 0 aliphatic heterocycles. The molecule has 0 radical (unpaired) electrons. The standard InChI is InChI=1S/C17H24N4/c1-11(12-5-3-4-6-12)15-9-16(18-2)21-17(20-15)14(10-19-21)13-7-8-13/h9-13,18H,3-8H2,1-2H3. The second-order valence-electron chi connectivity index (χ2n) is 6.76. The van der Waals surface area contributed by atoms with Gasteiger partial charge in [0.1, 0.15) is 5.82 Å². The van der Waals surface area contributed by atoms with Gasteiger partial charge in [-0.2, -0.15) is 9.61 Å². The number of nitrogens with one attached hydrogen (secondary N) is 1. The van der Waals surface area contributed by atoms with Crippen molar-refractivity contribution < 1.29 is 0 Å². The van der Waals surface area contributed by atoms with Gasteiger partial charge in [0.05, 0.1) is 6.20 Å². The molecule has 21 heavy (non-hydrogen) atoms. The molecule has 0 saturated heterocycles. The molecule has 2 aromatic heterocycles. The van der Waals surface area contributed by atoms with E-state index in [1.807, 2.05) is 17.8 Å². The Labute approximate surface area is 126 Å². The molecule has 4 rings (SSSR count). The van der Waals surface area contributed by atoms with Crippen LogP contribution in [0.2, 0.25) is 0 Å². The first-order valence-electron chi connectivity index (χ1n) is 8.34. The maximum Gasteiger partial charge on any atom is 0.161 e. The number of anilines is 1. The van der Waals surface area contributed by atoms with Gasteiger partial charge in [0.15, 0.2) is 5.65 Å². The zero-order valence-electron chi connectivity index (χ0n) is 13.0. The van der Waals surface area contributed by atoms with Crippen LogP contribution in [0.3, 0.4) is 0 Å². The molecule has 0 spiro atoms. The molecule has 1 unspecified atom stereocenters. The van der Waals surface area contributed by atoms with Gasteiger partial charge in [-0.1, -0.05) is 19.8 Å². The molecule has 2 aliphatic rings. The van der Waals surface area contributed by atoms with Gasteiger partial charge in [0, 0.05) is 30.3 Å².